The average Bonchev–Trinajstić information content (AvgIpc) is 2.75. The van der Waals surface area contributed by atoms with E-state index in [1.54, 1.807) is 13.0 Å². The number of halogens is 3. The van der Waals surface area contributed by atoms with Crippen LogP contribution in [-0.2, 0) is 16.1 Å². The summed E-state index contributed by atoms with van der Waals surface area (Å²) in [4.78, 5) is 26.7. The Labute approximate surface area is 184 Å². The predicted molar refractivity (Wildman–Crippen MR) is 114 cm³/mol. The molecule has 0 bridgehead atoms. The molecule has 2 aromatic rings. The van der Waals surface area contributed by atoms with Crippen LogP contribution in [0.1, 0.15) is 50.2 Å². The van der Waals surface area contributed by atoms with E-state index in [9.17, 15) is 18.4 Å². The third kappa shape index (κ3) is 4.31. The fraction of sp³-hybridized carbons (Fsp3) is 0.417. The standard InChI is InChI=1S/C24H25F3N2O3/c1-13-8-19-22(20(27)21(13)28-23(30)16-6-4-3-5-7-16)32-14(2)24(31)29(19)12-15-9-17(25)11-18(26)10-15/h8-11,14,16H,3-7,12H2,1-2H3,(H,28,30). The van der Waals surface area contributed by atoms with Crippen molar-refractivity contribution in [2.24, 2.45) is 5.92 Å². The summed E-state index contributed by atoms with van der Waals surface area (Å²) in [6.45, 7) is 2.95. The Morgan fingerprint density at radius 3 is 2.41 bits per heavy atom. The first-order valence-electron chi connectivity index (χ1n) is 10.8. The molecular weight excluding hydrogens is 421 g/mol. The maximum absolute atomic E-state index is 15.5. The molecular formula is C24H25F3N2O3. The highest BCUT2D eigenvalue weighted by Gasteiger charge is 2.36. The number of ether oxygens (including phenoxy) is 1. The van der Waals surface area contributed by atoms with Crippen LogP contribution < -0.4 is 15.0 Å². The Bertz CT molecular complexity index is 1050. The van der Waals surface area contributed by atoms with Gasteiger partial charge < -0.3 is 15.0 Å². The van der Waals surface area contributed by atoms with E-state index in [-0.39, 0.29) is 41.1 Å². The lowest BCUT2D eigenvalue weighted by atomic mass is 9.88. The highest BCUT2D eigenvalue weighted by Crippen LogP contribution is 2.42. The molecule has 1 aliphatic carbocycles. The summed E-state index contributed by atoms with van der Waals surface area (Å²) in [5, 5.41) is 2.71. The number of anilines is 2. The molecule has 1 saturated carbocycles. The second-order valence-electron chi connectivity index (χ2n) is 8.52. The third-order valence-electron chi connectivity index (χ3n) is 6.09. The van der Waals surface area contributed by atoms with E-state index in [0.717, 1.165) is 50.3 Å². The Balaban J connectivity index is 1.67. The van der Waals surface area contributed by atoms with Gasteiger partial charge in [0.2, 0.25) is 5.91 Å². The fourth-order valence-electron chi connectivity index (χ4n) is 4.41. The second kappa shape index (κ2) is 8.84. The minimum atomic E-state index is -1.000. The number of hydrogen-bond acceptors (Lipinski definition) is 3. The van der Waals surface area contributed by atoms with Gasteiger partial charge >= 0.3 is 0 Å². The summed E-state index contributed by atoms with van der Waals surface area (Å²) in [7, 11) is 0. The van der Waals surface area contributed by atoms with E-state index < -0.39 is 29.5 Å². The van der Waals surface area contributed by atoms with E-state index >= 15 is 4.39 Å². The van der Waals surface area contributed by atoms with Gasteiger partial charge in [-0.3, -0.25) is 9.59 Å². The average molecular weight is 446 g/mol. The van der Waals surface area contributed by atoms with Crippen LogP contribution in [0.5, 0.6) is 5.75 Å². The van der Waals surface area contributed by atoms with E-state index in [2.05, 4.69) is 5.32 Å². The zero-order chi connectivity index (χ0) is 23.0. The number of fused-ring (bicyclic) bond motifs is 1. The van der Waals surface area contributed by atoms with Crippen molar-refractivity contribution < 1.29 is 27.5 Å². The number of benzene rings is 2. The quantitative estimate of drug-likeness (QED) is 0.698. The molecule has 2 aliphatic rings. The van der Waals surface area contributed by atoms with E-state index in [1.165, 1.54) is 11.8 Å². The van der Waals surface area contributed by atoms with Crippen molar-refractivity contribution >= 4 is 23.2 Å². The Morgan fingerprint density at radius 2 is 1.75 bits per heavy atom. The number of rotatable bonds is 4. The Hall–Kier alpha value is -3.03. The minimum absolute atomic E-state index is 0.0256. The second-order valence-corrected chi connectivity index (χ2v) is 8.52. The molecule has 170 valence electrons. The third-order valence-corrected chi connectivity index (χ3v) is 6.09. The SMILES string of the molecule is Cc1cc2c(c(F)c1NC(=O)C1CCCCC1)OC(C)C(=O)N2Cc1cc(F)cc(F)c1. The lowest BCUT2D eigenvalue weighted by Gasteiger charge is -2.34. The molecule has 0 saturated heterocycles. The molecule has 2 aromatic carbocycles. The fourth-order valence-corrected chi connectivity index (χ4v) is 4.41. The van der Waals surface area contributed by atoms with Crippen LogP contribution in [0.15, 0.2) is 24.3 Å². The molecule has 4 rings (SSSR count). The Morgan fingerprint density at radius 1 is 1.09 bits per heavy atom. The van der Waals surface area contributed by atoms with Gasteiger partial charge in [-0.1, -0.05) is 19.3 Å². The first-order chi connectivity index (χ1) is 15.2. The number of nitrogens with zero attached hydrogens (tertiary/aromatic N) is 1. The van der Waals surface area contributed by atoms with Crippen LogP contribution in [0.25, 0.3) is 0 Å². The van der Waals surface area contributed by atoms with Gasteiger partial charge in [0.25, 0.3) is 5.91 Å². The molecule has 1 N–H and O–H groups in total. The van der Waals surface area contributed by atoms with Gasteiger partial charge in [-0.15, -0.1) is 0 Å². The summed E-state index contributed by atoms with van der Waals surface area (Å²) >= 11 is 0. The summed E-state index contributed by atoms with van der Waals surface area (Å²) in [5.74, 6) is -3.30. The summed E-state index contributed by atoms with van der Waals surface area (Å²) < 4.78 is 48.3. The lowest BCUT2D eigenvalue weighted by Crippen LogP contribution is -2.44. The number of carbonyl (C=O) groups excluding carboxylic acids is 2. The largest absolute Gasteiger partial charge is 0.476 e. The van der Waals surface area contributed by atoms with Crippen LogP contribution in [0.4, 0.5) is 24.5 Å². The minimum Gasteiger partial charge on any atom is -0.476 e. The van der Waals surface area contributed by atoms with Crippen molar-refractivity contribution in [2.45, 2.75) is 58.6 Å². The Kier molecular flexibility index (Phi) is 6.13. The van der Waals surface area contributed by atoms with Crippen molar-refractivity contribution in [3.05, 3.63) is 52.8 Å². The van der Waals surface area contributed by atoms with Crippen molar-refractivity contribution in [1.29, 1.82) is 0 Å². The molecule has 0 aromatic heterocycles. The van der Waals surface area contributed by atoms with Crippen LogP contribution in [0.2, 0.25) is 0 Å². The predicted octanol–water partition coefficient (Wildman–Crippen LogP) is 5.25. The number of aryl methyl sites for hydroxylation is 1. The molecule has 1 fully saturated rings. The molecule has 1 aliphatic heterocycles. The maximum Gasteiger partial charge on any atom is 0.268 e. The van der Waals surface area contributed by atoms with E-state index in [0.29, 0.717) is 5.56 Å². The molecule has 5 nitrogen and oxygen atoms in total. The number of amides is 2. The normalized spacial score (nSPS) is 18.8. The van der Waals surface area contributed by atoms with Gasteiger partial charge in [-0.25, -0.2) is 13.2 Å². The molecule has 32 heavy (non-hydrogen) atoms. The first kappa shape index (κ1) is 22.2. The van der Waals surface area contributed by atoms with Crippen LogP contribution in [-0.4, -0.2) is 17.9 Å². The smallest absolute Gasteiger partial charge is 0.268 e. The molecule has 1 atom stereocenters. The van der Waals surface area contributed by atoms with Crippen molar-refractivity contribution in [2.75, 3.05) is 10.2 Å². The highest BCUT2D eigenvalue weighted by molar-refractivity contribution is 6.01. The molecule has 1 unspecified atom stereocenters. The topological polar surface area (TPSA) is 58.6 Å². The zero-order valence-electron chi connectivity index (χ0n) is 18.0. The highest BCUT2D eigenvalue weighted by atomic mass is 19.1. The van der Waals surface area contributed by atoms with Crippen molar-refractivity contribution in [3.63, 3.8) is 0 Å². The summed E-state index contributed by atoms with van der Waals surface area (Å²) in [6.07, 6.45) is 3.60. The lowest BCUT2D eigenvalue weighted by molar-refractivity contribution is -0.126. The van der Waals surface area contributed by atoms with E-state index in [4.69, 9.17) is 4.74 Å². The monoisotopic (exact) mass is 446 g/mol. The van der Waals surface area contributed by atoms with Gasteiger partial charge in [0.15, 0.2) is 17.7 Å². The van der Waals surface area contributed by atoms with Gasteiger partial charge in [-0.05, 0) is 56.0 Å². The van der Waals surface area contributed by atoms with Gasteiger partial charge in [-0.2, -0.15) is 0 Å². The van der Waals surface area contributed by atoms with Gasteiger partial charge in [0.05, 0.1) is 17.9 Å². The molecule has 8 heteroatoms. The maximum atomic E-state index is 15.5. The molecule has 0 radical (unpaired) electrons. The van der Waals surface area contributed by atoms with Gasteiger partial charge in [0, 0.05) is 12.0 Å². The van der Waals surface area contributed by atoms with Crippen LogP contribution >= 0.6 is 0 Å². The van der Waals surface area contributed by atoms with Crippen molar-refractivity contribution in [1.82, 2.24) is 0 Å². The van der Waals surface area contributed by atoms with Crippen LogP contribution in [0.3, 0.4) is 0 Å². The molecule has 0 spiro atoms. The molecule has 1 heterocycles. The zero-order valence-corrected chi connectivity index (χ0v) is 18.0. The van der Waals surface area contributed by atoms with Crippen LogP contribution in [0, 0.1) is 30.3 Å². The number of nitrogens with one attached hydrogen (secondary N) is 1. The summed E-state index contributed by atoms with van der Waals surface area (Å²) in [5.41, 5.74) is 0.830. The van der Waals surface area contributed by atoms with Gasteiger partial charge in [0.1, 0.15) is 11.6 Å². The number of carbonyl (C=O) groups is 2. The number of hydrogen-bond donors (Lipinski definition) is 1. The first-order valence-corrected chi connectivity index (χ1v) is 10.8. The molecule has 2 amide bonds. The summed E-state index contributed by atoms with van der Waals surface area (Å²) in [6, 6.07) is 4.54. The van der Waals surface area contributed by atoms with Crippen molar-refractivity contribution in [3.8, 4) is 5.75 Å². The van der Waals surface area contributed by atoms with E-state index in [1.807, 2.05) is 0 Å².